The molecule has 0 fully saturated rings. The number of halogens is 1. The van der Waals surface area contributed by atoms with Gasteiger partial charge in [0.25, 0.3) is 5.91 Å². The van der Waals surface area contributed by atoms with E-state index in [1.54, 1.807) is 18.1 Å². The molecular weight excluding hydrogens is 382 g/mol. The second-order valence-electron chi connectivity index (χ2n) is 6.13. The van der Waals surface area contributed by atoms with Crippen molar-refractivity contribution in [2.75, 3.05) is 7.05 Å². The predicted molar refractivity (Wildman–Crippen MR) is 106 cm³/mol. The number of amides is 1. The fraction of sp³-hybridized carbons (Fsp3) is 0.158. The SMILES string of the molecule is CC(c1ccncn1)N(C)C(=O)c1csc2nc(-c3ccc(Cl)cc3)cn12. The Hall–Kier alpha value is -2.77. The first-order valence-corrected chi connectivity index (χ1v) is 9.56. The molecule has 4 rings (SSSR count). The Morgan fingerprint density at radius 3 is 2.74 bits per heavy atom. The zero-order valence-corrected chi connectivity index (χ0v) is 16.3. The van der Waals surface area contributed by atoms with E-state index in [1.165, 1.54) is 17.7 Å². The first-order chi connectivity index (χ1) is 13.0. The molecule has 136 valence electrons. The number of carbonyl (C=O) groups is 1. The molecule has 0 bridgehead atoms. The number of thiazole rings is 1. The van der Waals surface area contributed by atoms with Crippen LogP contribution >= 0.6 is 22.9 Å². The molecule has 0 aliphatic carbocycles. The lowest BCUT2D eigenvalue weighted by Crippen LogP contribution is -2.30. The van der Waals surface area contributed by atoms with E-state index in [1.807, 2.05) is 53.2 Å². The second-order valence-corrected chi connectivity index (χ2v) is 7.41. The molecule has 4 aromatic rings. The van der Waals surface area contributed by atoms with Crippen molar-refractivity contribution in [3.63, 3.8) is 0 Å². The van der Waals surface area contributed by atoms with E-state index in [-0.39, 0.29) is 11.9 Å². The second kappa shape index (κ2) is 7.09. The van der Waals surface area contributed by atoms with Gasteiger partial charge in [0.05, 0.1) is 17.4 Å². The van der Waals surface area contributed by atoms with Gasteiger partial charge in [-0.1, -0.05) is 23.7 Å². The summed E-state index contributed by atoms with van der Waals surface area (Å²) in [6, 6.07) is 9.13. The molecule has 0 saturated carbocycles. The smallest absolute Gasteiger partial charge is 0.272 e. The van der Waals surface area contributed by atoms with Crippen LogP contribution in [0.3, 0.4) is 0 Å². The molecular formula is C19H16ClN5OS. The van der Waals surface area contributed by atoms with Crippen LogP contribution in [0.15, 0.2) is 54.4 Å². The van der Waals surface area contributed by atoms with Gasteiger partial charge in [0.15, 0.2) is 4.96 Å². The summed E-state index contributed by atoms with van der Waals surface area (Å²) in [6.45, 7) is 1.94. The van der Waals surface area contributed by atoms with Gasteiger partial charge < -0.3 is 4.90 Å². The predicted octanol–water partition coefficient (Wildman–Crippen LogP) is 4.34. The number of hydrogen-bond acceptors (Lipinski definition) is 5. The highest BCUT2D eigenvalue weighted by Gasteiger charge is 2.23. The third kappa shape index (κ3) is 3.31. The fourth-order valence-corrected chi connectivity index (χ4v) is 3.77. The maximum Gasteiger partial charge on any atom is 0.272 e. The highest BCUT2D eigenvalue weighted by Crippen LogP contribution is 2.26. The minimum atomic E-state index is -0.172. The number of rotatable bonds is 4. The van der Waals surface area contributed by atoms with Gasteiger partial charge >= 0.3 is 0 Å². The van der Waals surface area contributed by atoms with Gasteiger partial charge in [-0.3, -0.25) is 9.20 Å². The van der Waals surface area contributed by atoms with Gasteiger partial charge in [-0.05, 0) is 25.1 Å². The molecule has 8 heteroatoms. The Bertz CT molecular complexity index is 1090. The summed E-state index contributed by atoms with van der Waals surface area (Å²) in [5, 5.41) is 2.51. The van der Waals surface area contributed by atoms with Gasteiger partial charge in [0.2, 0.25) is 0 Å². The summed E-state index contributed by atoms with van der Waals surface area (Å²) < 4.78 is 1.83. The van der Waals surface area contributed by atoms with E-state index in [0.29, 0.717) is 10.7 Å². The van der Waals surface area contributed by atoms with Gasteiger partial charge in [-0.2, -0.15) is 0 Å². The number of imidazole rings is 1. The van der Waals surface area contributed by atoms with Crippen molar-refractivity contribution < 1.29 is 4.79 Å². The maximum absolute atomic E-state index is 13.0. The summed E-state index contributed by atoms with van der Waals surface area (Å²) in [7, 11) is 1.77. The van der Waals surface area contributed by atoms with E-state index in [4.69, 9.17) is 11.6 Å². The summed E-state index contributed by atoms with van der Waals surface area (Å²) in [4.78, 5) is 28.3. The zero-order chi connectivity index (χ0) is 19.0. The Morgan fingerprint density at radius 2 is 2.04 bits per heavy atom. The van der Waals surface area contributed by atoms with Crippen LogP contribution in [-0.2, 0) is 0 Å². The average molecular weight is 398 g/mol. The van der Waals surface area contributed by atoms with Gasteiger partial charge in [0.1, 0.15) is 12.0 Å². The van der Waals surface area contributed by atoms with Crippen LogP contribution in [0.1, 0.15) is 29.1 Å². The van der Waals surface area contributed by atoms with E-state index in [2.05, 4.69) is 15.0 Å². The molecule has 1 atom stereocenters. The number of carbonyl (C=O) groups excluding carboxylic acids is 1. The molecule has 0 spiro atoms. The first-order valence-electron chi connectivity index (χ1n) is 8.30. The van der Waals surface area contributed by atoms with Crippen LogP contribution in [0.2, 0.25) is 5.02 Å². The van der Waals surface area contributed by atoms with Crippen LogP contribution in [0.5, 0.6) is 0 Å². The summed E-state index contributed by atoms with van der Waals surface area (Å²) in [6.07, 6.45) is 5.04. The fourth-order valence-electron chi connectivity index (χ4n) is 2.80. The van der Waals surface area contributed by atoms with E-state index >= 15 is 0 Å². The van der Waals surface area contributed by atoms with Crippen molar-refractivity contribution in [2.24, 2.45) is 0 Å². The topological polar surface area (TPSA) is 63.4 Å². The highest BCUT2D eigenvalue weighted by atomic mass is 35.5. The van der Waals surface area contributed by atoms with Crippen LogP contribution in [0.25, 0.3) is 16.2 Å². The molecule has 3 aromatic heterocycles. The number of benzene rings is 1. The number of nitrogens with zero attached hydrogens (tertiary/aromatic N) is 5. The van der Waals surface area contributed by atoms with E-state index < -0.39 is 0 Å². The minimum Gasteiger partial charge on any atom is -0.332 e. The van der Waals surface area contributed by atoms with E-state index in [9.17, 15) is 4.79 Å². The van der Waals surface area contributed by atoms with Crippen LogP contribution < -0.4 is 0 Å². The van der Waals surface area contributed by atoms with Crippen molar-refractivity contribution in [2.45, 2.75) is 13.0 Å². The Morgan fingerprint density at radius 1 is 1.26 bits per heavy atom. The molecule has 6 nitrogen and oxygen atoms in total. The quantitative estimate of drug-likeness (QED) is 0.514. The first kappa shape index (κ1) is 17.6. The Kier molecular flexibility index (Phi) is 4.63. The lowest BCUT2D eigenvalue weighted by Gasteiger charge is -2.24. The highest BCUT2D eigenvalue weighted by molar-refractivity contribution is 7.15. The summed E-state index contributed by atoms with van der Waals surface area (Å²) in [5.41, 5.74) is 3.13. The normalized spacial score (nSPS) is 12.3. The van der Waals surface area contributed by atoms with Crippen LogP contribution in [-0.4, -0.2) is 37.2 Å². The molecule has 1 unspecified atom stereocenters. The molecule has 0 saturated heterocycles. The molecule has 3 heterocycles. The largest absolute Gasteiger partial charge is 0.332 e. The molecule has 0 aliphatic rings. The third-order valence-corrected chi connectivity index (χ3v) is 5.59. The average Bonchev–Trinajstić information content (AvgIpc) is 3.28. The third-order valence-electron chi connectivity index (χ3n) is 4.50. The van der Waals surface area contributed by atoms with Crippen molar-refractivity contribution in [3.05, 3.63) is 70.8 Å². The number of fused-ring (bicyclic) bond motifs is 1. The van der Waals surface area contributed by atoms with Gasteiger partial charge in [-0.15, -0.1) is 11.3 Å². The molecule has 0 N–H and O–H groups in total. The lowest BCUT2D eigenvalue weighted by molar-refractivity contribution is 0.0733. The number of aromatic nitrogens is 4. The molecule has 27 heavy (non-hydrogen) atoms. The van der Waals surface area contributed by atoms with Crippen molar-refractivity contribution in [1.29, 1.82) is 0 Å². The standard InChI is InChI=1S/C19H16ClN5OS/c1-12(15-7-8-21-11-22-15)24(2)18(26)17-10-27-19-23-16(9-25(17)19)13-3-5-14(20)6-4-13/h3-12H,1-2H3. The monoisotopic (exact) mass is 397 g/mol. The summed E-state index contributed by atoms with van der Waals surface area (Å²) >= 11 is 7.39. The molecule has 1 aromatic carbocycles. The molecule has 1 amide bonds. The van der Waals surface area contributed by atoms with Crippen LogP contribution in [0, 0.1) is 0 Å². The van der Waals surface area contributed by atoms with E-state index in [0.717, 1.165) is 21.9 Å². The van der Waals surface area contributed by atoms with Crippen molar-refractivity contribution in [1.82, 2.24) is 24.3 Å². The van der Waals surface area contributed by atoms with Gasteiger partial charge in [0, 0.05) is 35.4 Å². The maximum atomic E-state index is 13.0. The zero-order valence-electron chi connectivity index (χ0n) is 14.7. The Balaban J connectivity index is 1.65. The minimum absolute atomic E-state index is 0.0904. The molecule has 0 aliphatic heterocycles. The van der Waals surface area contributed by atoms with Crippen molar-refractivity contribution >= 4 is 33.8 Å². The van der Waals surface area contributed by atoms with Gasteiger partial charge in [-0.25, -0.2) is 15.0 Å². The van der Waals surface area contributed by atoms with Crippen molar-refractivity contribution in [3.8, 4) is 11.3 Å². The number of hydrogen-bond donors (Lipinski definition) is 0. The van der Waals surface area contributed by atoms with Crippen LogP contribution in [0.4, 0.5) is 0 Å². The Labute approximate surface area is 165 Å². The lowest BCUT2D eigenvalue weighted by atomic mass is 10.2. The molecule has 0 radical (unpaired) electrons. The summed E-state index contributed by atoms with van der Waals surface area (Å²) in [5.74, 6) is -0.0904.